The smallest absolute Gasteiger partial charge is 0.236 e. The minimum Gasteiger partial charge on any atom is -0.348 e. The van der Waals surface area contributed by atoms with Crippen LogP contribution in [0.1, 0.15) is 23.7 Å². The zero-order valence-electron chi connectivity index (χ0n) is 15.5. The van der Waals surface area contributed by atoms with E-state index in [0.29, 0.717) is 6.42 Å². The van der Waals surface area contributed by atoms with Crippen LogP contribution in [-0.4, -0.2) is 66.4 Å². The van der Waals surface area contributed by atoms with E-state index in [-0.39, 0.29) is 36.0 Å². The second kappa shape index (κ2) is 7.13. The van der Waals surface area contributed by atoms with E-state index in [1.807, 2.05) is 24.3 Å². The SMILES string of the molecule is CN(C(=O)CN1CCn2cccc2C1c1ccccc1)C1CCS(=O)(=O)C1. The van der Waals surface area contributed by atoms with Crippen molar-refractivity contribution in [3.8, 4) is 0 Å². The summed E-state index contributed by atoms with van der Waals surface area (Å²) in [7, 11) is -1.27. The summed E-state index contributed by atoms with van der Waals surface area (Å²) < 4.78 is 25.7. The number of sulfone groups is 1. The number of carbonyl (C=O) groups excluding carboxylic acids is 1. The highest BCUT2D eigenvalue weighted by atomic mass is 32.2. The summed E-state index contributed by atoms with van der Waals surface area (Å²) in [5, 5.41) is 0. The van der Waals surface area contributed by atoms with E-state index in [1.54, 1.807) is 11.9 Å². The lowest BCUT2D eigenvalue weighted by Gasteiger charge is -2.38. The highest BCUT2D eigenvalue weighted by molar-refractivity contribution is 7.91. The molecule has 0 saturated carbocycles. The minimum atomic E-state index is -3.00. The van der Waals surface area contributed by atoms with Crippen LogP contribution in [-0.2, 0) is 21.2 Å². The molecule has 0 N–H and O–H groups in total. The predicted octanol–water partition coefficient (Wildman–Crippen LogP) is 1.54. The van der Waals surface area contributed by atoms with Gasteiger partial charge in [0.1, 0.15) is 0 Å². The number of carbonyl (C=O) groups is 1. The van der Waals surface area contributed by atoms with Gasteiger partial charge in [-0.1, -0.05) is 30.3 Å². The van der Waals surface area contributed by atoms with Crippen LogP contribution >= 0.6 is 0 Å². The Morgan fingerprint density at radius 3 is 2.63 bits per heavy atom. The molecule has 2 atom stereocenters. The fraction of sp³-hybridized carbons (Fsp3) is 0.450. The van der Waals surface area contributed by atoms with Gasteiger partial charge in [-0.25, -0.2) is 8.42 Å². The molecule has 1 aromatic carbocycles. The molecule has 0 aliphatic carbocycles. The summed E-state index contributed by atoms with van der Waals surface area (Å²) in [5.74, 6) is 0.248. The van der Waals surface area contributed by atoms with Crippen LogP contribution in [0.25, 0.3) is 0 Å². The van der Waals surface area contributed by atoms with Crippen molar-refractivity contribution in [2.75, 3.05) is 31.6 Å². The summed E-state index contributed by atoms with van der Waals surface area (Å²) in [6.07, 6.45) is 2.62. The lowest BCUT2D eigenvalue weighted by molar-refractivity contribution is -0.133. The van der Waals surface area contributed by atoms with E-state index in [4.69, 9.17) is 0 Å². The maximum absolute atomic E-state index is 12.9. The van der Waals surface area contributed by atoms with Crippen LogP contribution in [0.2, 0.25) is 0 Å². The third-order valence-corrected chi connectivity index (χ3v) is 7.49. The molecule has 7 heteroatoms. The molecular weight excluding hydrogens is 362 g/mol. The van der Waals surface area contributed by atoms with Gasteiger partial charge in [-0.3, -0.25) is 9.69 Å². The van der Waals surface area contributed by atoms with Crippen LogP contribution in [0.5, 0.6) is 0 Å². The van der Waals surface area contributed by atoms with Crippen LogP contribution in [0.15, 0.2) is 48.7 Å². The summed E-state index contributed by atoms with van der Waals surface area (Å²) in [4.78, 5) is 16.8. The van der Waals surface area contributed by atoms with Crippen LogP contribution in [0, 0.1) is 0 Å². The molecule has 6 nitrogen and oxygen atoms in total. The largest absolute Gasteiger partial charge is 0.348 e. The Morgan fingerprint density at radius 2 is 1.93 bits per heavy atom. The number of hydrogen-bond acceptors (Lipinski definition) is 4. The van der Waals surface area contributed by atoms with Crippen molar-refractivity contribution in [3.05, 3.63) is 59.9 Å². The second-order valence-electron chi connectivity index (χ2n) is 7.47. The number of aromatic nitrogens is 1. The first-order valence-corrected chi connectivity index (χ1v) is 11.2. The standard InChI is InChI=1S/C20H25N3O3S/c1-21(17-9-13-27(25,26)15-17)19(24)14-23-12-11-22-10-5-8-18(22)20(23)16-6-3-2-4-7-16/h2-8,10,17,20H,9,11-15H2,1H3. The average Bonchev–Trinajstić information content (AvgIpc) is 3.27. The Hall–Kier alpha value is -2.12. The highest BCUT2D eigenvalue weighted by Crippen LogP contribution is 2.32. The summed E-state index contributed by atoms with van der Waals surface area (Å²) in [5.41, 5.74) is 2.35. The maximum Gasteiger partial charge on any atom is 0.236 e. The van der Waals surface area contributed by atoms with Crippen LogP contribution < -0.4 is 0 Å². The Morgan fingerprint density at radius 1 is 1.15 bits per heavy atom. The van der Waals surface area contributed by atoms with Gasteiger partial charge in [-0.15, -0.1) is 0 Å². The van der Waals surface area contributed by atoms with Gasteiger partial charge in [0, 0.05) is 38.1 Å². The zero-order chi connectivity index (χ0) is 19.0. The van der Waals surface area contributed by atoms with Gasteiger partial charge in [0.05, 0.1) is 24.1 Å². The Kier molecular flexibility index (Phi) is 4.82. The molecule has 4 rings (SSSR count). The monoisotopic (exact) mass is 387 g/mol. The molecule has 2 aliphatic heterocycles. The number of rotatable bonds is 4. The van der Waals surface area contributed by atoms with Crippen molar-refractivity contribution in [3.63, 3.8) is 0 Å². The van der Waals surface area contributed by atoms with Crippen molar-refractivity contribution < 1.29 is 13.2 Å². The third-order valence-electron chi connectivity index (χ3n) is 5.74. The van der Waals surface area contributed by atoms with Crippen molar-refractivity contribution in [2.24, 2.45) is 0 Å². The average molecular weight is 388 g/mol. The topological polar surface area (TPSA) is 62.6 Å². The predicted molar refractivity (Wildman–Crippen MR) is 104 cm³/mol. The number of likely N-dealkylation sites (N-methyl/N-ethyl adjacent to an activating group) is 1. The zero-order valence-corrected chi connectivity index (χ0v) is 16.3. The van der Waals surface area contributed by atoms with Crippen LogP contribution in [0.3, 0.4) is 0 Å². The number of hydrogen-bond donors (Lipinski definition) is 0. The molecule has 1 aromatic heterocycles. The molecular formula is C20H25N3O3S. The van der Waals surface area contributed by atoms with E-state index in [2.05, 4.69) is 33.9 Å². The molecule has 1 fully saturated rings. The summed E-state index contributed by atoms with van der Waals surface area (Å²) in [6, 6.07) is 14.2. The Bertz CT molecular complexity index is 923. The molecule has 3 heterocycles. The Balaban J connectivity index is 1.54. The van der Waals surface area contributed by atoms with Crippen LogP contribution in [0.4, 0.5) is 0 Å². The highest BCUT2D eigenvalue weighted by Gasteiger charge is 2.35. The lowest BCUT2D eigenvalue weighted by Crippen LogP contribution is -2.47. The molecule has 1 amide bonds. The van der Waals surface area contributed by atoms with E-state index < -0.39 is 9.84 Å². The molecule has 144 valence electrons. The quantitative estimate of drug-likeness (QED) is 0.798. The maximum atomic E-state index is 12.9. The van der Waals surface area contributed by atoms with Crippen molar-refractivity contribution in [2.45, 2.75) is 25.0 Å². The summed E-state index contributed by atoms with van der Waals surface area (Å²) >= 11 is 0. The normalized spacial score (nSPS) is 24.5. The molecule has 0 radical (unpaired) electrons. The first kappa shape index (κ1) is 18.3. The van der Waals surface area contributed by atoms with Crippen molar-refractivity contribution in [1.82, 2.24) is 14.4 Å². The molecule has 27 heavy (non-hydrogen) atoms. The van der Waals surface area contributed by atoms with Crippen molar-refractivity contribution >= 4 is 15.7 Å². The van der Waals surface area contributed by atoms with E-state index in [1.165, 1.54) is 5.69 Å². The molecule has 0 spiro atoms. The summed E-state index contributed by atoms with van der Waals surface area (Å²) in [6.45, 7) is 1.92. The van der Waals surface area contributed by atoms with Gasteiger partial charge in [-0.2, -0.15) is 0 Å². The van der Waals surface area contributed by atoms with Gasteiger partial charge < -0.3 is 9.47 Å². The third kappa shape index (κ3) is 3.66. The van der Waals surface area contributed by atoms with Gasteiger partial charge >= 0.3 is 0 Å². The number of fused-ring (bicyclic) bond motifs is 1. The fourth-order valence-corrected chi connectivity index (χ4v) is 5.96. The number of nitrogens with zero attached hydrogens (tertiary/aromatic N) is 3. The minimum absolute atomic E-state index is 0.0157. The second-order valence-corrected chi connectivity index (χ2v) is 9.70. The van der Waals surface area contributed by atoms with Crippen molar-refractivity contribution in [1.29, 1.82) is 0 Å². The van der Waals surface area contributed by atoms with E-state index in [0.717, 1.165) is 18.7 Å². The number of amides is 1. The first-order valence-electron chi connectivity index (χ1n) is 9.35. The fourth-order valence-electron chi connectivity index (χ4n) is 4.19. The molecule has 2 unspecified atom stereocenters. The van der Waals surface area contributed by atoms with Gasteiger partial charge in [0.25, 0.3) is 0 Å². The number of benzene rings is 1. The lowest BCUT2D eigenvalue weighted by atomic mass is 10.00. The Labute approximate surface area is 160 Å². The molecule has 1 saturated heterocycles. The van der Waals surface area contributed by atoms with E-state index in [9.17, 15) is 13.2 Å². The molecule has 2 aromatic rings. The van der Waals surface area contributed by atoms with Gasteiger partial charge in [-0.05, 0) is 24.1 Å². The van der Waals surface area contributed by atoms with Gasteiger partial charge in [0.15, 0.2) is 9.84 Å². The molecule has 2 aliphatic rings. The first-order chi connectivity index (χ1) is 12.9. The molecule has 0 bridgehead atoms. The van der Waals surface area contributed by atoms with E-state index >= 15 is 0 Å². The van der Waals surface area contributed by atoms with Gasteiger partial charge in [0.2, 0.25) is 5.91 Å².